The van der Waals surface area contributed by atoms with Gasteiger partial charge in [-0.05, 0) is 32.4 Å². The lowest BCUT2D eigenvalue weighted by molar-refractivity contribution is -0.152. The molecule has 0 saturated heterocycles. The Morgan fingerprint density at radius 1 is 1.38 bits per heavy atom. The van der Waals surface area contributed by atoms with E-state index in [9.17, 15) is 9.90 Å². The van der Waals surface area contributed by atoms with Crippen molar-refractivity contribution in [3.05, 3.63) is 28.6 Å². The largest absolute Gasteiger partial charge is 0.506 e. The third kappa shape index (κ3) is 3.68. The highest BCUT2D eigenvalue weighted by Crippen LogP contribution is 2.31. The molecule has 0 aliphatic carbocycles. The minimum absolute atomic E-state index is 0.0501. The van der Waals surface area contributed by atoms with Gasteiger partial charge in [-0.15, -0.1) is 0 Å². The topological polar surface area (TPSA) is 68.7 Å². The van der Waals surface area contributed by atoms with Gasteiger partial charge in [-0.2, -0.15) is 0 Å². The molecule has 1 N–H and O–H groups in total. The summed E-state index contributed by atoms with van der Waals surface area (Å²) in [5.41, 5.74) is 2.66. The first-order chi connectivity index (χ1) is 10.0. The van der Waals surface area contributed by atoms with Gasteiger partial charge in [-0.3, -0.25) is 4.79 Å². The summed E-state index contributed by atoms with van der Waals surface area (Å²) in [4.78, 5) is 15.5. The molecule has 2 heterocycles. The molecule has 0 spiro atoms. The van der Waals surface area contributed by atoms with Gasteiger partial charge in [0.05, 0.1) is 24.6 Å². The van der Waals surface area contributed by atoms with E-state index < -0.39 is 0 Å². The van der Waals surface area contributed by atoms with Crippen LogP contribution in [0.3, 0.4) is 0 Å². The maximum atomic E-state index is 11.1. The molecule has 0 radical (unpaired) electrons. The van der Waals surface area contributed by atoms with Crippen molar-refractivity contribution in [3.8, 4) is 5.75 Å². The Hall–Kier alpha value is -1.72. The van der Waals surface area contributed by atoms with E-state index in [1.807, 2.05) is 0 Å². The van der Waals surface area contributed by atoms with Gasteiger partial charge >= 0.3 is 0 Å². The lowest BCUT2D eigenvalue weighted by Gasteiger charge is -2.13. The average molecular weight is 291 g/mol. The summed E-state index contributed by atoms with van der Waals surface area (Å²) >= 11 is 0. The Morgan fingerprint density at radius 2 is 2.05 bits per heavy atom. The number of carbonyl (C=O) groups excluding carboxylic acids is 1. The molecule has 0 saturated carbocycles. The number of aromatic nitrogens is 1. The average Bonchev–Trinajstić information content (AvgIpc) is 2.65. The number of fused-ring (bicyclic) bond motifs is 1. The summed E-state index contributed by atoms with van der Waals surface area (Å²) < 4.78 is 11.4. The van der Waals surface area contributed by atoms with E-state index >= 15 is 0 Å². The molecule has 5 nitrogen and oxygen atoms in total. The van der Waals surface area contributed by atoms with Crippen LogP contribution in [-0.2, 0) is 27.5 Å². The minimum Gasteiger partial charge on any atom is -0.506 e. The van der Waals surface area contributed by atoms with E-state index in [-0.39, 0.29) is 24.4 Å². The molecule has 2 rings (SSSR count). The SMILES string of the molecule is CCCC1OCc2c(/C=C/C(C)=O)nc(C)c(O)c2CO1. The highest BCUT2D eigenvalue weighted by Gasteiger charge is 2.23. The van der Waals surface area contributed by atoms with Crippen molar-refractivity contribution in [1.82, 2.24) is 4.98 Å². The van der Waals surface area contributed by atoms with Gasteiger partial charge in [0, 0.05) is 11.1 Å². The van der Waals surface area contributed by atoms with Crippen molar-refractivity contribution >= 4 is 11.9 Å². The van der Waals surface area contributed by atoms with Gasteiger partial charge < -0.3 is 14.6 Å². The van der Waals surface area contributed by atoms with Crippen molar-refractivity contribution in [3.63, 3.8) is 0 Å². The van der Waals surface area contributed by atoms with Gasteiger partial charge in [-0.1, -0.05) is 13.3 Å². The molecule has 21 heavy (non-hydrogen) atoms. The quantitative estimate of drug-likeness (QED) is 0.864. The summed E-state index contributed by atoms with van der Waals surface area (Å²) in [6, 6.07) is 0. The molecule has 5 heteroatoms. The van der Waals surface area contributed by atoms with Crippen LogP contribution in [0.2, 0.25) is 0 Å². The second kappa shape index (κ2) is 6.83. The van der Waals surface area contributed by atoms with E-state index in [2.05, 4.69) is 11.9 Å². The van der Waals surface area contributed by atoms with Crippen molar-refractivity contribution in [1.29, 1.82) is 0 Å². The Kier molecular flexibility index (Phi) is 5.09. The van der Waals surface area contributed by atoms with Crippen LogP contribution in [0, 0.1) is 6.92 Å². The van der Waals surface area contributed by atoms with E-state index in [1.165, 1.54) is 13.0 Å². The van der Waals surface area contributed by atoms with Crippen molar-refractivity contribution in [2.45, 2.75) is 53.1 Å². The molecule has 0 aromatic carbocycles. The molecule has 1 aromatic rings. The van der Waals surface area contributed by atoms with Crippen molar-refractivity contribution in [2.75, 3.05) is 0 Å². The fourth-order valence-corrected chi connectivity index (χ4v) is 2.27. The molecule has 114 valence electrons. The molecular weight excluding hydrogens is 270 g/mol. The molecule has 1 unspecified atom stereocenters. The van der Waals surface area contributed by atoms with Crippen LogP contribution in [0.25, 0.3) is 6.08 Å². The second-order valence-corrected chi connectivity index (χ2v) is 5.17. The van der Waals surface area contributed by atoms with E-state index in [0.717, 1.165) is 18.4 Å². The van der Waals surface area contributed by atoms with Crippen LogP contribution >= 0.6 is 0 Å². The first kappa shape index (κ1) is 15.7. The first-order valence-corrected chi connectivity index (χ1v) is 7.16. The first-order valence-electron chi connectivity index (χ1n) is 7.16. The number of rotatable bonds is 4. The van der Waals surface area contributed by atoms with Crippen LogP contribution in [-0.4, -0.2) is 22.2 Å². The summed E-state index contributed by atoms with van der Waals surface area (Å²) in [5, 5.41) is 10.2. The number of ether oxygens (including phenoxy) is 2. The fourth-order valence-electron chi connectivity index (χ4n) is 2.27. The maximum Gasteiger partial charge on any atom is 0.158 e. The number of allylic oxidation sites excluding steroid dienone is 1. The van der Waals surface area contributed by atoms with E-state index in [4.69, 9.17) is 9.47 Å². The van der Waals surface area contributed by atoms with Gasteiger partial charge in [0.15, 0.2) is 12.1 Å². The normalized spacial score (nSPS) is 18.5. The zero-order chi connectivity index (χ0) is 15.4. The van der Waals surface area contributed by atoms with Crippen LogP contribution < -0.4 is 0 Å². The van der Waals surface area contributed by atoms with Gasteiger partial charge in [0.2, 0.25) is 0 Å². The number of aromatic hydroxyl groups is 1. The smallest absolute Gasteiger partial charge is 0.158 e. The maximum absolute atomic E-state index is 11.1. The van der Waals surface area contributed by atoms with Crippen molar-refractivity contribution in [2.24, 2.45) is 0 Å². The Morgan fingerprint density at radius 3 is 2.67 bits per heavy atom. The van der Waals surface area contributed by atoms with E-state index in [1.54, 1.807) is 13.0 Å². The summed E-state index contributed by atoms with van der Waals surface area (Å²) in [6.45, 7) is 5.89. The fraction of sp³-hybridized carbons (Fsp3) is 0.500. The number of hydrogen-bond donors (Lipinski definition) is 1. The minimum atomic E-state index is -0.272. The lowest BCUT2D eigenvalue weighted by Crippen LogP contribution is -2.13. The van der Waals surface area contributed by atoms with Crippen LogP contribution in [0.1, 0.15) is 49.2 Å². The molecule has 0 fully saturated rings. The lowest BCUT2D eigenvalue weighted by atomic mass is 10.0. The summed E-state index contributed by atoms with van der Waals surface area (Å²) in [7, 11) is 0. The predicted octanol–water partition coefficient (Wildman–Crippen LogP) is 2.87. The number of pyridine rings is 1. The van der Waals surface area contributed by atoms with Gasteiger partial charge in [0.1, 0.15) is 5.75 Å². The number of ketones is 1. The molecular formula is C16H21NO4. The number of carbonyl (C=O) groups is 1. The summed E-state index contributed by atoms with van der Waals surface area (Å²) in [6.07, 6.45) is 4.62. The second-order valence-electron chi connectivity index (χ2n) is 5.17. The van der Waals surface area contributed by atoms with Crippen LogP contribution in [0.15, 0.2) is 6.08 Å². The zero-order valence-corrected chi connectivity index (χ0v) is 12.7. The molecule has 0 amide bonds. The number of aryl methyl sites for hydroxylation is 1. The molecule has 0 bridgehead atoms. The molecule has 1 aliphatic heterocycles. The Balaban J connectivity index is 2.39. The van der Waals surface area contributed by atoms with Gasteiger partial charge in [-0.25, -0.2) is 4.98 Å². The molecule has 1 aliphatic rings. The third-order valence-corrected chi connectivity index (χ3v) is 3.42. The third-order valence-electron chi connectivity index (χ3n) is 3.42. The number of nitrogens with zero attached hydrogens (tertiary/aromatic N) is 1. The monoisotopic (exact) mass is 291 g/mol. The highest BCUT2D eigenvalue weighted by atomic mass is 16.7. The Bertz CT molecular complexity index is 566. The molecule has 1 aromatic heterocycles. The van der Waals surface area contributed by atoms with Crippen molar-refractivity contribution < 1.29 is 19.4 Å². The van der Waals surface area contributed by atoms with Crippen LogP contribution in [0.4, 0.5) is 0 Å². The molecule has 1 atom stereocenters. The van der Waals surface area contributed by atoms with Crippen LogP contribution in [0.5, 0.6) is 5.75 Å². The predicted molar refractivity (Wildman–Crippen MR) is 78.6 cm³/mol. The standard InChI is InChI=1S/C16H21NO4/c1-4-5-15-20-8-12-13(9-21-15)16(19)11(3)17-14(12)7-6-10(2)18/h6-7,15,19H,4-5,8-9H2,1-3H3/b7-6+. The van der Waals surface area contributed by atoms with Gasteiger partial charge in [0.25, 0.3) is 0 Å². The number of hydrogen-bond acceptors (Lipinski definition) is 5. The highest BCUT2D eigenvalue weighted by molar-refractivity contribution is 5.91. The zero-order valence-electron chi connectivity index (χ0n) is 12.7. The Labute approximate surface area is 124 Å². The summed E-state index contributed by atoms with van der Waals surface area (Å²) in [5.74, 6) is 0.0941. The van der Waals surface area contributed by atoms with E-state index in [0.29, 0.717) is 23.6 Å².